The van der Waals surface area contributed by atoms with Crippen LogP contribution in [0.5, 0.6) is 0 Å². The fraction of sp³-hybridized carbons (Fsp3) is 0.235. The number of pyridine rings is 1. The Labute approximate surface area is 159 Å². The summed E-state index contributed by atoms with van der Waals surface area (Å²) in [6.45, 7) is 0.453. The lowest BCUT2D eigenvalue weighted by molar-refractivity contribution is -0.120. The van der Waals surface area contributed by atoms with Crippen LogP contribution < -0.4 is 10.6 Å². The Morgan fingerprint density at radius 3 is 2.85 bits per heavy atom. The summed E-state index contributed by atoms with van der Waals surface area (Å²) in [5, 5.41) is 11.6. The lowest BCUT2D eigenvalue weighted by atomic mass is 10.1. The van der Waals surface area contributed by atoms with Crippen LogP contribution in [0.3, 0.4) is 0 Å². The standard InChI is InChI=1S/C17H15Cl2N5O2/c18-10-2-1-9-11(23-6-4-21-8-23)7-13(22-15(9)14(10)19)24-5-3-12(25)16(24)17(20)26/h1-2,4,6-8,12,16,25H,3,5H2,(H2,20,26)/t12-,16-/m0/s1. The molecule has 134 valence electrons. The molecule has 0 unspecified atom stereocenters. The van der Waals surface area contributed by atoms with Crippen molar-refractivity contribution in [1.82, 2.24) is 14.5 Å². The van der Waals surface area contributed by atoms with Gasteiger partial charge in [-0.25, -0.2) is 9.97 Å². The molecule has 4 rings (SSSR count). The summed E-state index contributed by atoms with van der Waals surface area (Å²) in [5.41, 5.74) is 6.77. The molecule has 0 spiro atoms. The molecule has 2 atom stereocenters. The molecule has 26 heavy (non-hydrogen) atoms. The third kappa shape index (κ3) is 2.68. The molecule has 1 aliphatic rings. The van der Waals surface area contributed by atoms with E-state index in [4.69, 9.17) is 28.9 Å². The van der Waals surface area contributed by atoms with Crippen molar-refractivity contribution in [3.05, 3.63) is 47.0 Å². The SMILES string of the molecule is NC(=O)[C@@H]1[C@@H](O)CCN1c1cc(-n2ccnc2)c2ccc(Cl)c(Cl)c2n1. The van der Waals surface area contributed by atoms with E-state index in [9.17, 15) is 9.90 Å². The number of aromatic nitrogens is 3. The number of benzene rings is 1. The summed E-state index contributed by atoms with van der Waals surface area (Å²) >= 11 is 12.5. The van der Waals surface area contributed by atoms with Gasteiger partial charge in [-0.1, -0.05) is 23.2 Å². The number of aliphatic hydroxyl groups is 1. The molecule has 2 aromatic heterocycles. The maximum Gasteiger partial charge on any atom is 0.242 e. The highest BCUT2D eigenvalue weighted by Gasteiger charge is 2.38. The third-order valence-electron chi connectivity index (χ3n) is 4.57. The van der Waals surface area contributed by atoms with E-state index in [1.54, 1.807) is 29.7 Å². The van der Waals surface area contributed by atoms with Crippen LogP contribution in [-0.4, -0.2) is 44.2 Å². The monoisotopic (exact) mass is 391 g/mol. The maximum atomic E-state index is 11.8. The van der Waals surface area contributed by atoms with Crippen LogP contribution in [-0.2, 0) is 4.79 Å². The molecule has 3 N–H and O–H groups in total. The zero-order valence-corrected chi connectivity index (χ0v) is 15.0. The Morgan fingerprint density at radius 1 is 1.35 bits per heavy atom. The molecule has 1 aromatic carbocycles. The zero-order chi connectivity index (χ0) is 18.4. The first-order valence-corrected chi connectivity index (χ1v) is 8.74. The number of halogens is 2. The van der Waals surface area contributed by atoms with Crippen molar-refractivity contribution in [3.8, 4) is 5.69 Å². The first kappa shape index (κ1) is 17.1. The molecule has 1 aliphatic heterocycles. The average Bonchev–Trinajstić information content (AvgIpc) is 3.27. The smallest absolute Gasteiger partial charge is 0.242 e. The molecule has 1 amide bonds. The van der Waals surface area contributed by atoms with Crippen LogP contribution in [0.25, 0.3) is 16.6 Å². The third-order valence-corrected chi connectivity index (χ3v) is 5.37. The lowest BCUT2D eigenvalue weighted by Crippen LogP contribution is -2.46. The summed E-state index contributed by atoms with van der Waals surface area (Å²) in [6, 6.07) is 4.52. The van der Waals surface area contributed by atoms with E-state index >= 15 is 0 Å². The van der Waals surface area contributed by atoms with Gasteiger partial charge in [0.05, 0.1) is 33.7 Å². The number of imidazole rings is 1. The van der Waals surface area contributed by atoms with E-state index < -0.39 is 18.1 Å². The van der Waals surface area contributed by atoms with Gasteiger partial charge in [0.2, 0.25) is 5.91 Å². The second-order valence-electron chi connectivity index (χ2n) is 6.12. The molecule has 3 aromatic rings. The number of amides is 1. The van der Waals surface area contributed by atoms with Crippen LogP contribution in [0.15, 0.2) is 36.9 Å². The van der Waals surface area contributed by atoms with Gasteiger partial charge in [0.15, 0.2) is 0 Å². The quantitative estimate of drug-likeness (QED) is 0.712. The van der Waals surface area contributed by atoms with Gasteiger partial charge in [-0.15, -0.1) is 0 Å². The maximum absolute atomic E-state index is 11.8. The van der Waals surface area contributed by atoms with Crippen molar-refractivity contribution < 1.29 is 9.90 Å². The Kier molecular flexibility index (Phi) is 4.22. The molecular formula is C17H15Cl2N5O2. The number of rotatable bonds is 3. The van der Waals surface area contributed by atoms with Gasteiger partial charge in [-0.2, -0.15) is 0 Å². The minimum absolute atomic E-state index is 0.322. The first-order valence-electron chi connectivity index (χ1n) is 7.98. The second kappa shape index (κ2) is 6.42. The van der Waals surface area contributed by atoms with E-state index in [-0.39, 0.29) is 0 Å². The second-order valence-corrected chi connectivity index (χ2v) is 6.91. The van der Waals surface area contributed by atoms with Crippen molar-refractivity contribution in [3.63, 3.8) is 0 Å². The number of hydrogen-bond donors (Lipinski definition) is 2. The van der Waals surface area contributed by atoms with Crippen molar-refractivity contribution >= 4 is 45.8 Å². The normalized spacial score (nSPS) is 20.0. The van der Waals surface area contributed by atoms with Gasteiger partial charge in [-0.3, -0.25) is 4.79 Å². The topological polar surface area (TPSA) is 97.3 Å². The van der Waals surface area contributed by atoms with Gasteiger partial charge >= 0.3 is 0 Å². The van der Waals surface area contributed by atoms with Crippen molar-refractivity contribution in [2.24, 2.45) is 5.73 Å². The fourth-order valence-electron chi connectivity index (χ4n) is 3.34. The van der Waals surface area contributed by atoms with E-state index in [1.807, 2.05) is 16.7 Å². The van der Waals surface area contributed by atoms with Gasteiger partial charge in [-0.05, 0) is 18.6 Å². The Balaban J connectivity index is 1.96. The van der Waals surface area contributed by atoms with Crippen molar-refractivity contribution in [2.75, 3.05) is 11.4 Å². The van der Waals surface area contributed by atoms with Gasteiger partial charge in [0, 0.05) is 30.4 Å². The fourth-order valence-corrected chi connectivity index (χ4v) is 3.70. The molecular weight excluding hydrogens is 377 g/mol. The van der Waals surface area contributed by atoms with Gasteiger partial charge in [0.25, 0.3) is 0 Å². The number of primary amides is 1. The molecule has 3 heterocycles. The molecule has 0 bridgehead atoms. The number of anilines is 1. The molecule has 9 heteroatoms. The summed E-state index contributed by atoms with van der Waals surface area (Å²) in [5.74, 6) is -0.107. The Bertz CT molecular complexity index is 992. The molecule has 1 fully saturated rings. The predicted octanol–water partition coefficient (Wildman–Crippen LogP) is 2.15. The highest BCUT2D eigenvalue weighted by atomic mass is 35.5. The minimum atomic E-state index is -0.839. The van der Waals surface area contributed by atoms with E-state index in [2.05, 4.69) is 9.97 Å². The highest BCUT2D eigenvalue weighted by molar-refractivity contribution is 6.45. The van der Waals surface area contributed by atoms with E-state index in [0.717, 1.165) is 11.1 Å². The van der Waals surface area contributed by atoms with Crippen LogP contribution in [0, 0.1) is 0 Å². The summed E-state index contributed by atoms with van der Waals surface area (Å²) in [6.07, 6.45) is 4.71. The largest absolute Gasteiger partial charge is 0.390 e. The number of nitrogens with zero attached hydrogens (tertiary/aromatic N) is 4. The number of carbonyl (C=O) groups is 1. The summed E-state index contributed by atoms with van der Waals surface area (Å²) in [4.78, 5) is 22.2. The number of carbonyl (C=O) groups excluding carboxylic acids is 1. The van der Waals surface area contributed by atoms with Crippen LogP contribution in [0.1, 0.15) is 6.42 Å². The first-order chi connectivity index (χ1) is 12.5. The van der Waals surface area contributed by atoms with Crippen LogP contribution in [0.2, 0.25) is 10.0 Å². The predicted molar refractivity (Wildman–Crippen MR) is 99.8 cm³/mol. The molecule has 0 radical (unpaired) electrons. The molecule has 7 nitrogen and oxygen atoms in total. The Hall–Kier alpha value is -2.35. The number of aliphatic hydroxyl groups excluding tert-OH is 1. The van der Waals surface area contributed by atoms with Crippen molar-refractivity contribution in [2.45, 2.75) is 18.6 Å². The van der Waals surface area contributed by atoms with Gasteiger partial charge in [0.1, 0.15) is 11.9 Å². The molecule has 1 saturated heterocycles. The van der Waals surface area contributed by atoms with E-state index in [0.29, 0.717) is 34.3 Å². The number of fused-ring (bicyclic) bond motifs is 1. The summed E-state index contributed by atoms with van der Waals surface area (Å²) < 4.78 is 1.82. The van der Waals surface area contributed by atoms with Crippen LogP contribution in [0.4, 0.5) is 5.82 Å². The van der Waals surface area contributed by atoms with Crippen LogP contribution >= 0.6 is 23.2 Å². The molecule has 0 saturated carbocycles. The molecule has 0 aliphatic carbocycles. The number of hydrogen-bond acceptors (Lipinski definition) is 5. The highest BCUT2D eigenvalue weighted by Crippen LogP contribution is 2.36. The van der Waals surface area contributed by atoms with Crippen molar-refractivity contribution in [1.29, 1.82) is 0 Å². The van der Waals surface area contributed by atoms with E-state index in [1.165, 1.54) is 0 Å². The average molecular weight is 392 g/mol. The number of nitrogens with two attached hydrogens (primary N) is 1. The Morgan fingerprint density at radius 2 is 2.15 bits per heavy atom. The summed E-state index contributed by atoms with van der Waals surface area (Å²) in [7, 11) is 0. The zero-order valence-electron chi connectivity index (χ0n) is 13.5. The lowest BCUT2D eigenvalue weighted by Gasteiger charge is -2.25. The minimum Gasteiger partial charge on any atom is -0.390 e. The van der Waals surface area contributed by atoms with Gasteiger partial charge < -0.3 is 20.3 Å².